The molecule has 4 heteroatoms. The second-order valence-electron chi connectivity index (χ2n) is 3.55. The van der Waals surface area contributed by atoms with Crippen molar-refractivity contribution in [3.05, 3.63) is 18.0 Å². The molecule has 4 nitrogen and oxygen atoms in total. The van der Waals surface area contributed by atoms with Gasteiger partial charge in [0.25, 0.3) is 0 Å². The second-order valence-corrected chi connectivity index (χ2v) is 3.55. The highest BCUT2D eigenvalue weighted by atomic mass is 15.3. The van der Waals surface area contributed by atoms with Crippen molar-refractivity contribution in [2.24, 2.45) is 11.8 Å². The number of hydrazine groups is 1. The van der Waals surface area contributed by atoms with E-state index < -0.39 is 0 Å². The third-order valence-electron chi connectivity index (χ3n) is 2.64. The fourth-order valence-electron chi connectivity index (χ4n) is 1.76. The van der Waals surface area contributed by atoms with Crippen molar-refractivity contribution in [2.75, 3.05) is 0 Å². The van der Waals surface area contributed by atoms with E-state index in [0.29, 0.717) is 12.0 Å². The van der Waals surface area contributed by atoms with E-state index >= 15 is 0 Å². The second kappa shape index (κ2) is 3.47. The Morgan fingerprint density at radius 2 is 2.54 bits per heavy atom. The molecule has 1 unspecified atom stereocenters. The van der Waals surface area contributed by atoms with Crippen LogP contribution in [0.3, 0.4) is 0 Å². The fraction of sp³-hybridized carbons (Fsp3) is 0.667. The molecule has 2 rings (SSSR count). The Labute approximate surface area is 78.1 Å². The lowest BCUT2D eigenvalue weighted by Gasteiger charge is -2.15. The summed E-state index contributed by atoms with van der Waals surface area (Å²) in [6, 6.07) is 2.34. The highest BCUT2D eigenvalue weighted by molar-refractivity contribution is 5.10. The van der Waals surface area contributed by atoms with Crippen LogP contribution in [0.25, 0.3) is 0 Å². The van der Waals surface area contributed by atoms with Gasteiger partial charge in [0.1, 0.15) is 0 Å². The minimum Gasteiger partial charge on any atom is -0.271 e. The number of aryl methyl sites for hydroxylation is 1. The van der Waals surface area contributed by atoms with Crippen LogP contribution in [0.4, 0.5) is 0 Å². The lowest BCUT2D eigenvalue weighted by Crippen LogP contribution is -2.31. The summed E-state index contributed by atoms with van der Waals surface area (Å²) in [5.41, 5.74) is 4.10. The van der Waals surface area contributed by atoms with E-state index in [0.717, 1.165) is 6.54 Å². The summed E-state index contributed by atoms with van der Waals surface area (Å²) >= 11 is 0. The third-order valence-corrected chi connectivity index (χ3v) is 2.64. The first kappa shape index (κ1) is 8.72. The molecule has 1 aromatic heterocycles. The molecule has 0 bridgehead atoms. The maximum Gasteiger partial charge on any atom is 0.0657 e. The number of hydrogen-bond donors (Lipinski definition) is 2. The first-order valence-electron chi connectivity index (χ1n) is 4.84. The minimum atomic E-state index is 0.294. The third kappa shape index (κ3) is 1.59. The van der Waals surface area contributed by atoms with Crippen LogP contribution in [0, 0.1) is 5.92 Å². The summed E-state index contributed by atoms with van der Waals surface area (Å²) in [7, 11) is 0. The molecule has 0 spiro atoms. The van der Waals surface area contributed by atoms with Crippen LogP contribution in [0.2, 0.25) is 0 Å². The molecule has 0 aliphatic heterocycles. The summed E-state index contributed by atoms with van der Waals surface area (Å²) in [6.45, 7) is 3.00. The average molecular weight is 180 g/mol. The van der Waals surface area contributed by atoms with Crippen LogP contribution in [-0.4, -0.2) is 9.78 Å². The molecule has 72 valence electrons. The summed E-state index contributed by atoms with van der Waals surface area (Å²) < 4.78 is 2.00. The maximum atomic E-state index is 5.54. The maximum absolute atomic E-state index is 5.54. The van der Waals surface area contributed by atoms with Crippen molar-refractivity contribution in [2.45, 2.75) is 32.4 Å². The molecule has 1 heterocycles. The van der Waals surface area contributed by atoms with Crippen molar-refractivity contribution < 1.29 is 0 Å². The van der Waals surface area contributed by atoms with Gasteiger partial charge in [0.15, 0.2) is 0 Å². The smallest absolute Gasteiger partial charge is 0.0657 e. The standard InChI is InChI=1S/C9H16N4/c1-2-13-8(5-6-11-13)9(12-10)7-3-4-7/h5-7,9,12H,2-4,10H2,1H3. The molecule has 3 N–H and O–H groups in total. The molecule has 1 aliphatic carbocycles. The van der Waals surface area contributed by atoms with E-state index in [1.165, 1.54) is 18.5 Å². The molecule has 0 saturated heterocycles. The lowest BCUT2D eigenvalue weighted by molar-refractivity contribution is 0.450. The molecule has 0 aromatic carbocycles. The van der Waals surface area contributed by atoms with Crippen molar-refractivity contribution in [1.82, 2.24) is 15.2 Å². The van der Waals surface area contributed by atoms with E-state index in [9.17, 15) is 0 Å². The highest BCUT2D eigenvalue weighted by Crippen LogP contribution is 2.40. The van der Waals surface area contributed by atoms with Crippen molar-refractivity contribution >= 4 is 0 Å². The van der Waals surface area contributed by atoms with Crippen LogP contribution in [0.1, 0.15) is 31.5 Å². The first-order chi connectivity index (χ1) is 6.36. The van der Waals surface area contributed by atoms with Gasteiger partial charge in [0.2, 0.25) is 0 Å². The van der Waals surface area contributed by atoms with E-state index in [-0.39, 0.29) is 0 Å². The zero-order chi connectivity index (χ0) is 9.26. The lowest BCUT2D eigenvalue weighted by atomic mass is 10.1. The summed E-state index contributed by atoms with van der Waals surface area (Å²) in [6.07, 6.45) is 4.40. The van der Waals surface area contributed by atoms with E-state index in [2.05, 4.69) is 17.4 Å². The molecule has 1 atom stereocenters. The number of nitrogens with two attached hydrogens (primary N) is 1. The number of rotatable bonds is 4. The molecule has 13 heavy (non-hydrogen) atoms. The Balaban J connectivity index is 2.20. The Hall–Kier alpha value is -0.870. The van der Waals surface area contributed by atoms with Crippen molar-refractivity contribution in [3.63, 3.8) is 0 Å². The average Bonchev–Trinajstić information content (AvgIpc) is 2.86. The van der Waals surface area contributed by atoms with Crippen LogP contribution in [-0.2, 0) is 6.54 Å². The molecule has 1 aromatic rings. The minimum absolute atomic E-state index is 0.294. The predicted molar refractivity (Wildman–Crippen MR) is 50.7 cm³/mol. The van der Waals surface area contributed by atoms with Crippen molar-refractivity contribution in [1.29, 1.82) is 0 Å². The molecular formula is C9H16N4. The number of nitrogens with zero attached hydrogens (tertiary/aromatic N) is 2. The van der Waals surface area contributed by atoms with Gasteiger partial charge in [-0.3, -0.25) is 16.0 Å². The van der Waals surface area contributed by atoms with Crippen LogP contribution in [0.5, 0.6) is 0 Å². The normalized spacial score (nSPS) is 18.9. The fourth-order valence-corrected chi connectivity index (χ4v) is 1.76. The molecular weight excluding hydrogens is 164 g/mol. The van der Waals surface area contributed by atoms with Gasteiger partial charge in [-0.25, -0.2) is 0 Å². The van der Waals surface area contributed by atoms with Crippen LogP contribution >= 0.6 is 0 Å². The zero-order valence-corrected chi connectivity index (χ0v) is 7.90. The van der Waals surface area contributed by atoms with E-state index in [1.54, 1.807) is 0 Å². The van der Waals surface area contributed by atoms with Gasteiger partial charge >= 0.3 is 0 Å². The predicted octanol–water partition coefficient (Wildman–Crippen LogP) is 0.817. The quantitative estimate of drug-likeness (QED) is 0.532. The van der Waals surface area contributed by atoms with Crippen molar-refractivity contribution in [3.8, 4) is 0 Å². The van der Waals surface area contributed by atoms with Gasteiger partial charge in [-0.1, -0.05) is 0 Å². The monoisotopic (exact) mass is 180 g/mol. The topological polar surface area (TPSA) is 55.9 Å². The largest absolute Gasteiger partial charge is 0.271 e. The van der Waals surface area contributed by atoms with Crippen LogP contribution in [0.15, 0.2) is 12.3 Å². The van der Waals surface area contributed by atoms with Gasteiger partial charge in [0.05, 0.1) is 11.7 Å². The summed E-state index contributed by atoms with van der Waals surface area (Å²) in [4.78, 5) is 0. The molecule has 0 amide bonds. The highest BCUT2D eigenvalue weighted by Gasteiger charge is 2.33. The first-order valence-corrected chi connectivity index (χ1v) is 4.84. The van der Waals surface area contributed by atoms with E-state index in [1.807, 2.05) is 16.9 Å². The Bertz CT molecular complexity index is 277. The molecule has 1 aliphatic rings. The Morgan fingerprint density at radius 3 is 3.08 bits per heavy atom. The number of aromatic nitrogens is 2. The van der Waals surface area contributed by atoms with Gasteiger partial charge in [0, 0.05) is 12.7 Å². The van der Waals surface area contributed by atoms with Gasteiger partial charge in [-0.15, -0.1) is 0 Å². The summed E-state index contributed by atoms with van der Waals surface area (Å²) in [5.74, 6) is 6.25. The summed E-state index contributed by atoms with van der Waals surface area (Å²) in [5, 5.41) is 4.23. The van der Waals surface area contributed by atoms with E-state index in [4.69, 9.17) is 5.84 Å². The van der Waals surface area contributed by atoms with Gasteiger partial charge < -0.3 is 0 Å². The Kier molecular flexibility index (Phi) is 2.33. The van der Waals surface area contributed by atoms with Crippen LogP contribution < -0.4 is 11.3 Å². The number of nitrogens with one attached hydrogen (secondary N) is 1. The zero-order valence-electron chi connectivity index (χ0n) is 7.90. The van der Waals surface area contributed by atoms with Gasteiger partial charge in [-0.2, -0.15) is 5.10 Å². The molecule has 1 fully saturated rings. The molecule has 0 radical (unpaired) electrons. The SMILES string of the molecule is CCn1nccc1C(NN)C1CC1. The molecule has 1 saturated carbocycles. The Morgan fingerprint density at radius 1 is 1.77 bits per heavy atom. The number of hydrogen-bond acceptors (Lipinski definition) is 3. The van der Waals surface area contributed by atoms with Gasteiger partial charge in [-0.05, 0) is 31.7 Å².